The second-order valence-electron chi connectivity index (χ2n) is 6.92. The molecule has 0 saturated heterocycles. The van der Waals surface area contributed by atoms with E-state index in [-0.39, 0.29) is 17.9 Å². The molecule has 5 heteroatoms. The summed E-state index contributed by atoms with van der Waals surface area (Å²) in [4.78, 5) is 27.5. The Morgan fingerprint density at radius 1 is 1.15 bits per heavy atom. The van der Waals surface area contributed by atoms with Crippen molar-refractivity contribution in [1.82, 2.24) is 10.2 Å². The summed E-state index contributed by atoms with van der Waals surface area (Å²) in [5.74, 6) is 1.29. The fourth-order valence-electron chi connectivity index (χ4n) is 3.14. The first-order valence-corrected chi connectivity index (χ1v) is 10.6. The average Bonchev–Trinajstić information content (AvgIpc) is 3.02. The average molecular weight is 383 g/mol. The summed E-state index contributed by atoms with van der Waals surface area (Å²) >= 11 is 1.69. The van der Waals surface area contributed by atoms with E-state index < -0.39 is 6.04 Å². The van der Waals surface area contributed by atoms with Crippen molar-refractivity contribution >= 4 is 23.6 Å². The molecular weight excluding hydrogens is 356 g/mol. The Kier molecular flexibility index (Phi) is 6.56. The van der Waals surface area contributed by atoms with E-state index in [2.05, 4.69) is 17.4 Å². The summed E-state index contributed by atoms with van der Waals surface area (Å²) in [7, 11) is 0. The first-order chi connectivity index (χ1) is 13.1. The molecule has 0 aliphatic carbocycles. The predicted octanol–water partition coefficient (Wildman–Crippen LogP) is 3.86. The van der Waals surface area contributed by atoms with Crippen LogP contribution in [-0.2, 0) is 17.1 Å². The number of nitrogens with zero attached hydrogens (tertiary/aromatic N) is 1. The van der Waals surface area contributed by atoms with E-state index >= 15 is 0 Å². The van der Waals surface area contributed by atoms with Gasteiger partial charge in [0.05, 0.1) is 0 Å². The van der Waals surface area contributed by atoms with E-state index in [0.29, 0.717) is 17.9 Å². The number of hydrogen-bond acceptors (Lipinski definition) is 3. The van der Waals surface area contributed by atoms with Gasteiger partial charge in [0.25, 0.3) is 5.91 Å². The Labute approximate surface area is 165 Å². The lowest BCUT2D eigenvalue weighted by atomic mass is 10.1. The van der Waals surface area contributed by atoms with Crippen LogP contribution < -0.4 is 5.32 Å². The van der Waals surface area contributed by atoms with Crippen LogP contribution >= 0.6 is 11.8 Å². The quantitative estimate of drug-likeness (QED) is 0.754. The van der Waals surface area contributed by atoms with Crippen LogP contribution in [-0.4, -0.2) is 34.6 Å². The van der Waals surface area contributed by atoms with E-state index in [1.54, 1.807) is 16.7 Å². The summed E-state index contributed by atoms with van der Waals surface area (Å²) < 4.78 is 0. The predicted molar refractivity (Wildman–Crippen MR) is 111 cm³/mol. The van der Waals surface area contributed by atoms with Gasteiger partial charge in [-0.15, -0.1) is 0 Å². The van der Waals surface area contributed by atoms with Crippen molar-refractivity contribution in [3.63, 3.8) is 0 Å². The Morgan fingerprint density at radius 2 is 1.85 bits per heavy atom. The highest BCUT2D eigenvalue weighted by Crippen LogP contribution is 2.26. The van der Waals surface area contributed by atoms with Crippen LogP contribution in [0.5, 0.6) is 0 Å². The number of thioether (sulfide) groups is 1. The van der Waals surface area contributed by atoms with Gasteiger partial charge in [-0.1, -0.05) is 55.5 Å². The van der Waals surface area contributed by atoms with Crippen molar-refractivity contribution in [2.45, 2.75) is 44.6 Å². The third kappa shape index (κ3) is 4.72. The summed E-state index contributed by atoms with van der Waals surface area (Å²) in [6.45, 7) is 4.53. The van der Waals surface area contributed by atoms with Gasteiger partial charge in [0.1, 0.15) is 6.04 Å². The van der Waals surface area contributed by atoms with Crippen molar-refractivity contribution in [2.24, 2.45) is 0 Å². The highest BCUT2D eigenvalue weighted by Gasteiger charge is 2.36. The number of benzene rings is 2. The monoisotopic (exact) mass is 382 g/mol. The lowest BCUT2D eigenvalue weighted by molar-refractivity contribution is -0.125. The van der Waals surface area contributed by atoms with Gasteiger partial charge in [0.2, 0.25) is 5.91 Å². The zero-order chi connectivity index (χ0) is 19.2. The maximum atomic E-state index is 12.9. The molecule has 4 nitrogen and oxygen atoms in total. The van der Waals surface area contributed by atoms with Crippen LogP contribution in [0.25, 0.3) is 0 Å². The van der Waals surface area contributed by atoms with Gasteiger partial charge in [0.15, 0.2) is 0 Å². The molecule has 0 saturated carbocycles. The normalized spacial score (nSPS) is 15.3. The number of carbonyl (C=O) groups is 2. The smallest absolute Gasteiger partial charge is 0.255 e. The molecule has 2 aromatic carbocycles. The fraction of sp³-hybridized carbons (Fsp3) is 0.364. The van der Waals surface area contributed by atoms with Gasteiger partial charge < -0.3 is 10.2 Å². The van der Waals surface area contributed by atoms with E-state index in [1.165, 1.54) is 5.56 Å². The molecule has 1 aliphatic heterocycles. The largest absolute Gasteiger partial charge is 0.352 e. The number of amides is 2. The minimum absolute atomic E-state index is 0.0461. The van der Waals surface area contributed by atoms with Gasteiger partial charge >= 0.3 is 0 Å². The highest BCUT2D eigenvalue weighted by atomic mass is 32.2. The maximum absolute atomic E-state index is 12.9. The summed E-state index contributed by atoms with van der Waals surface area (Å²) in [6, 6.07) is 17.4. The van der Waals surface area contributed by atoms with Crippen molar-refractivity contribution in [3.05, 3.63) is 71.3 Å². The van der Waals surface area contributed by atoms with Crippen LogP contribution in [0.3, 0.4) is 0 Å². The molecule has 2 atom stereocenters. The molecule has 3 rings (SSSR count). The van der Waals surface area contributed by atoms with Crippen molar-refractivity contribution < 1.29 is 9.59 Å². The number of hydrogen-bond donors (Lipinski definition) is 1. The fourth-order valence-corrected chi connectivity index (χ4v) is 4.24. The van der Waals surface area contributed by atoms with Gasteiger partial charge in [-0.25, -0.2) is 0 Å². The minimum atomic E-state index is -0.465. The lowest BCUT2D eigenvalue weighted by Gasteiger charge is -2.28. The molecular formula is C22H26N2O2S. The molecule has 0 spiro atoms. The first kappa shape index (κ1) is 19.5. The molecule has 27 heavy (non-hydrogen) atoms. The Hall–Kier alpha value is -2.27. The standard InChI is InChI=1S/C22H26N2O2S/c1-3-16(2)23-21(25)20(15-27-14-17-9-5-4-6-10-17)24-13-18-11-7-8-12-19(18)22(24)26/h4-12,16,20H,3,13-15H2,1-2H3,(H,23,25)/t16-,20+/m1/s1. The summed E-state index contributed by atoms with van der Waals surface area (Å²) in [5, 5.41) is 3.06. The van der Waals surface area contributed by atoms with Crippen LogP contribution in [0, 0.1) is 0 Å². The molecule has 2 aromatic rings. The van der Waals surface area contributed by atoms with Crippen molar-refractivity contribution in [3.8, 4) is 0 Å². The molecule has 0 fully saturated rings. The van der Waals surface area contributed by atoms with Gasteiger partial charge in [-0.05, 0) is 30.5 Å². The maximum Gasteiger partial charge on any atom is 0.255 e. The third-order valence-corrected chi connectivity index (χ3v) is 6.01. The number of rotatable bonds is 8. The summed E-state index contributed by atoms with van der Waals surface area (Å²) in [5.41, 5.74) is 2.93. The van der Waals surface area contributed by atoms with E-state index in [1.807, 2.05) is 56.3 Å². The van der Waals surface area contributed by atoms with Crippen LogP contribution in [0.4, 0.5) is 0 Å². The highest BCUT2D eigenvalue weighted by molar-refractivity contribution is 7.98. The second-order valence-corrected chi connectivity index (χ2v) is 7.95. The number of carbonyl (C=O) groups excluding carboxylic acids is 2. The van der Waals surface area contributed by atoms with Gasteiger partial charge in [-0.3, -0.25) is 9.59 Å². The second kappa shape index (κ2) is 9.09. The van der Waals surface area contributed by atoms with Crippen LogP contribution in [0.15, 0.2) is 54.6 Å². The Morgan fingerprint density at radius 3 is 2.56 bits per heavy atom. The summed E-state index contributed by atoms with van der Waals surface area (Å²) in [6.07, 6.45) is 0.865. The third-order valence-electron chi connectivity index (χ3n) is 4.92. The molecule has 1 heterocycles. The molecule has 1 aliphatic rings. The van der Waals surface area contributed by atoms with Crippen molar-refractivity contribution in [2.75, 3.05) is 5.75 Å². The lowest BCUT2D eigenvalue weighted by Crippen LogP contribution is -2.50. The molecule has 142 valence electrons. The van der Waals surface area contributed by atoms with E-state index in [4.69, 9.17) is 0 Å². The molecule has 0 bridgehead atoms. The van der Waals surface area contributed by atoms with E-state index in [0.717, 1.165) is 17.7 Å². The number of fused-ring (bicyclic) bond motifs is 1. The van der Waals surface area contributed by atoms with Gasteiger partial charge in [0, 0.05) is 29.7 Å². The minimum Gasteiger partial charge on any atom is -0.352 e. The van der Waals surface area contributed by atoms with Gasteiger partial charge in [-0.2, -0.15) is 11.8 Å². The zero-order valence-electron chi connectivity index (χ0n) is 15.9. The molecule has 0 radical (unpaired) electrons. The topological polar surface area (TPSA) is 49.4 Å². The zero-order valence-corrected chi connectivity index (χ0v) is 16.7. The van der Waals surface area contributed by atoms with Crippen molar-refractivity contribution in [1.29, 1.82) is 0 Å². The number of nitrogens with one attached hydrogen (secondary N) is 1. The Bertz CT molecular complexity index is 794. The first-order valence-electron chi connectivity index (χ1n) is 9.41. The molecule has 0 unspecified atom stereocenters. The van der Waals surface area contributed by atoms with Crippen LogP contribution in [0.2, 0.25) is 0 Å². The molecule has 2 amide bonds. The van der Waals surface area contributed by atoms with Crippen LogP contribution in [0.1, 0.15) is 41.8 Å². The molecule has 1 N–H and O–H groups in total. The van der Waals surface area contributed by atoms with E-state index in [9.17, 15) is 9.59 Å². The SMILES string of the molecule is CC[C@@H](C)NC(=O)[C@H](CSCc1ccccc1)N1Cc2ccccc2C1=O. The molecule has 0 aromatic heterocycles. The Balaban J connectivity index is 1.72.